The van der Waals surface area contributed by atoms with E-state index in [9.17, 15) is 23.3 Å². The van der Waals surface area contributed by atoms with Crippen LogP contribution in [0.2, 0.25) is 0 Å². The third-order valence-corrected chi connectivity index (χ3v) is 20.1. The normalized spacial score (nSPS) is 24.7. The second-order valence-corrected chi connectivity index (χ2v) is 25.7. The summed E-state index contributed by atoms with van der Waals surface area (Å²) >= 11 is 0. The summed E-state index contributed by atoms with van der Waals surface area (Å²) in [5.74, 6) is 1.46. The molecule has 14 rings (SSSR count). The molecule has 0 bridgehead atoms. The minimum atomic E-state index is -4.72. The van der Waals surface area contributed by atoms with Crippen LogP contribution >= 0.6 is 0 Å². The number of carbonyl (C=O) groups is 1. The van der Waals surface area contributed by atoms with Crippen molar-refractivity contribution in [2.75, 3.05) is 87.5 Å². The summed E-state index contributed by atoms with van der Waals surface area (Å²) in [4.78, 5) is 49.0. The van der Waals surface area contributed by atoms with Gasteiger partial charge in [0.2, 0.25) is 5.88 Å². The molecule has 0 unspecified atom stereocenters. The number of carbonyl (C=O) groups excluding carboxylic acids is 1. The third kappa shape index (κ3) is 10.2. The van der Waals surface area contributed by atoms with E-state index in [-0.39, 0.29) is 71.8 Å². The van der Waals surface area contributed by atoms with Crippen LogP contribution in [-0.2, 0) is 25.9 Å². The molecule has 3 aromatic heterocycles. The highest BCUT2D eigenvalue weighted by molar-refractivity contribution is 7.90. The zero-order chi connectivity index (χ0) is 56.6. The second kappa shape index (κ2) is 21.7. The minimum Gasteiger partial charge on any atom is -0.491 e. The smallest absolute Gasteiger partial charge is 0.297 e. The van der Waals surface area contributed by atoms with E-state index in [0.29, 0.717) is 61.8 Å². The number of anilines is 4. The molecule has 1 amide bonds. The molecule has 6 aromatic rings. The number of benzene rings is 3. The molecule has 4 saturated heterocycles. The topological polar surface area (TPSA) is 228 Å². The largest absolute Gasteiger partial charge is 0.491 e. The molecule has 436 valence electrons. The number of aromatic nitrogens is 3. The van der Waals surface area contributed by atoms with Crippen molar-refractivity contribution < 1.29 is 46.6 Å². The predicted octanol–water partition coefficient (Wildman–Crippen LogP) is 8.17. The van der Waals surface area contributed by atoms with Crippen LogP contribution in [0.15, 0.2) is 96.2 Å². The Kier molecular flexibility index (Phi) is 14.1. The van der Waals surface area contributed by atoms with Crippen LogP contribution in [0, 0.1) is 21.4 Å². The van der Waals surface area contributed by atoms with Gasteiger partial charge in [0.25, 0.3) is 21.6 Å². The van der Waals surface area contributed by atoms with Gasteiger partial charge in [-0.3, -0.25) is 29.7 Å². The summed E-state index contributed by atoms with van der Waals surface area (Å²) < 4.78 is 68.1. The van der Waals surface area contributed by atoms with Crippen LogP contribution < -0.4 is 38.8 Å². The Bertz CT molecular complexity index is 3560. The van der Waals surface area contributed by atoms with Crippen molar-refractivity contribution in [3.63, 3.8) is 0 Å². The zero-order valence-corrected chi connectivity index (χ0v) is 47.6. The van der Waals surface area contributed by atoms with E-state index in [2.05, 4.69) is 77.7 Å². The van der Waals surface area contributed by atoms with E-state index in [0.717, 1.165) is 112 Å². The first-order chi connectivity index (χ1) is 40.3. The molecule has 3 N–H and O–H groups in total. The number of piperazine rings is 1. The van der Waals surface area contributed by atoms with Gasteiger partial charge in [0, 0.05) is 112 Å². The van der Waals surface area contributed by atoms with Crippen LogP contribution in [0.25, 0.3) is 11.0 Å². The first-order valence-electron chi connectivity index (χ1n) is 29.4. The van der Waals surface area contributed by atoms with Crippen molar-refractivity contribution in [2.24, 2.45) is 11.3 Å². The Balaban J connectivity index is 0.735. The van der Waals surface area contributed by atoms with Crippen LogP contribution in [0.3, 0.4) is 0 Å². The van der Waals surface area contributed by atoms with Gasteiger partial charge in [-0.1, -0.05) is 18.2 Å². The Morgan fingerprint density at radius 2 is 1.70 bits per heavy atom. The summed E-state index contributed by atoms with van der Waals surface area (Å²) in [6.45, 7) is 11.2. The third-order valence-electron chi connectivity index (χ3n) is 18.8. The highest BCUT2D eigenvalue weighted by Crippen LogP contribution is 2.54. The average Bonchev–Trinajstić information content (AvgIpc) is 4.07. The summed E-state index contributed by atoms with van der Waals surface area (Å²) in [7, 11) is -4.72. The Morgan fingerprint density at radius 1 is 0.880 bits per heavy atom. The number of hydrogen-bond acceptors (Lipinski definition) is 18. The van der Waals surface area contributed by atoms with Crippen molar-refractivity contribution in [2.45, 2.75) is 113 Å². The number of nitro groups is 1. The maximum atomic E-state index is 15.0. The molecule has 3 aromatic carbocycles. The molecule has 8 aliphatic rings. The van der Waals surface area contributed by atoms with Crippen LogP contribution in [0.4, 0.5) is 28.4 Å². The van der Waals surface area contributed by atoms with E-state index < -0.39 is 37.5 Å². The van der Waals surface area contributed by atoms with Crippen molar-refractivity contribution >= 4 is 55.4 Å². The van der Waals surface area contributed by atoms with Gasteiger partial charge in [-0.15, -0.1) is 0 Å². The molecule has 21 nitrogen and oxygen atoms in total. The average molecular weight is 1150 g/mol. The lowest BCUT2D eigenvalue weighted by Gasteiger charge is -2.58. The molecule has 7 aliphatic heterocycles. The molecule has 22 heteroatoms. The van der Waals surface area contributed by atoms with Gasteiger partial charge in [-0.05, 0) is 119 Å². The number of hydrogen-bond donors (Lipinski definition) is 3. The lowest BCUT2D eigenvalue weighted by Crippen LogP contribution is -2.61. The second-order valence-electron chi connectivity index (χ2n) is 24.0. The SMILES string of the molecule is CC(C)Oc1ccccc1[C@@H]1CN([C@H]2COc3cccnc3C2)CCN1C1CC2(CCN(c3ccc(C(=O)NS(=O)(=O)c4cc5c(c([N+](=O)[O-])c4)N[C@H](C4CCOCC4)CO5)c(N4c5cc6cc[nH]c6nc5O[C@H]5COCC[C@@H]54)c3)CC2)C1. The van der Waals surface area contributed by atoms with Gasteiger partial charge < -0.3 is 48.5 Å². The van der Waals surface area contributed by atoms with Gasteiger partial charge in [0.15, 0.2) is 11.4 Å². The Hall–Kier alpha value is -7.24. The highest BCUT2D eigenvalue weighted by atomic mass is 32.2. The number of nitrogens with zero attached hydrogens (tertiary/aromatic N) is 7. The number of nitro benzene ring substituents is 1. The molecule has 1 aliphatic carbocycles. The molecular weight excluding hydrogens is 1080 g/mol. The van der Waals surface area contributed by atoms with Gasteiger partial charge in [0.1, 0.15) is 42.2 Å². The number of rotatable bonds is 12. The molecule has 5 atom stereocenters. The summed E-state index contributed by atoms with van der Waals surface area (Å²) in [6, 6.07) is 24.5. The van der Waals surface area contributed by atoms with Crippen LogP contribution in [0.1, 0.15) is 86.5 Å². The fraction of sp³-hybridized carbons (Fsp3) is 0.492. The van der Waals surface area contributed by atoms with Crippen molar-refractivity contribution in [3.05, 3.63) is 118 Å². The standard InChI is InChI=1S/C61H70N10O11S/c1-37(2)81-53-7-4-3-6-44(53)52-33-68(41-27-46-54(79-34-41)8-5-17-62-46)21-22-69(52)42-31-61(32-42)15-19-67(20-16-61)40-9-10-45(49(28-40)70-48-14-25-78-36-56(48)82-60-51(70)26-39-11-18-63-58(39)65-60)59(72)66-83(75,76)43-29-50(71(73)74)57-55(30-43)80-35-47(64-57)38-12-23-77-24-13-38/h3-11,17-18,26,28-30,37-38,41-42,47-48,52,56,64H,12-16,19-25,27,31-36H2,1-2H3,(H,63,65)(H,66,72)/t41-,47+,48+,52+,56+/m1/s1. The molecule has 5 fully saturated rings. The highest BCUT2D eigenvalue weighted by Gasteiger charge is 2.51. The fourth-order valence-corrected chi connectivity index (χ4v) is 15.4. The lowest BCUT2D eigenvalue weighted by molar-refractivity contribution is -0.384. The number of pyridine rings is 2. The number of amides is 1. The van der Waals surface area contributed by atoms with Gasteiger partial charge >= 0.3 is 0 Å². The number of sulfonamides is 1. The summed E-state index contributed by atoms with van der Waals surface area (Å²) in [5, 5.41) is 16.7. The summed E-state index contributed by atoms with van der Waals surface area (Å²) in [5.41, 5.74) is 4.79. The van der Waals surface area contributed by atoms with Crippen molar-refractivity contribution in [1.82, 2.24) is 29.5 Å². The number of H-pyrrole nitrogens is 1. The monoisotopic (exact) mass is 1150 g/mol. The van der Waals surface area contributed by atoms with E-state index in [1.54, 1.807) is 6.07 Å². The molecule has 83 heavy (non-hydrogen) atoms. The quantitative estimate of drug-likeness (QED) is 0.0775. The molecule has 1 spiro atoms. The number of aromatic amines is 1. The molecule has 10 heterocycles. The van der Waals surface area contributed by atoms with E-state index in [1.165, 1.54) is 11.6 Å². The Labute approximate surface area is 482 Å². The predicted molar refractivity (Wildman–Crippen MR) is 310 cm³/mol. The minimum absolute atomic E-state index is 0.0242. The Morgan fingerprint density at radius 3 is 2.53 bits per heavy atom. The number of ether oxygens (including phenoxy) is 6. The van der Waals surface area contributed by atoms with Gasteiger partial charge in [0.05, 0.1) is 57.6 Å². The molecule has 1 saturated carbocycles. The maximum absolute atomic E-state index is 15.0. The number of piperidine rings is 1. The first kappa shape index (κ1) is 53.7. The van der Waals surface area contributed by atoms with Crippen LogP contribution in [-0.4, -0.2) is 153 Å². The van der Waals surface area contributed by atoms with E-state index >= 15 is 0 Å². The van der Waals surface area contributed by atoms with Crippen molar-refractivity contribution in [1.29, 1.82) is 0 Å². The number of fused-ring (bicyclic) bond motifs is 5. The molecular formula is C61H70N10O11S. The lowest BCUT2D eigenvalue weighted by atomic mass is 9.59. The maximum Gasteiger partial charge on any atom is 0.297 e. The number of para-hydroxylation sites is 1. The molecule has 0 radical (unpaired) electrons. The van der Waals surface area contributed by atoms with E-state index in [1.807, 2.05) is 48.8 Å². The van der Waals surface area contributed by atoms with Gasteiger partial charge in [-0.25, -0.2) is 13.1 Å². The van der Waals surface area contributed by atoms with Crippen LogP contribution in [0.5, 0.6) is 23.1 Å². The van der Waals surface area contributed by atoms with Crippen molar-refractivity contribution in [3.8, 4) is 23.1 Å². The zero-order valence-electron chi connectivity index (χ0n) is 46.7. The van der Waals surface area contributed by atoms with E-state index in [4.69, 9.17) is 33.4 Å². The fourth-order valence-electron chi connectivity index (χ4n) is 14.4. The van der Waals surface area contributed by atoms with Gasteiger partial charge in [-0.2, -0.15) is 4.98 Å². The first-order valence-corrected chi connectivity index (χ1v) is 30.9. The summed E-state index contributed by atoms with van der Waals surface area (Å²) in [6.07, 6.45) is 10.4. The number of nitrogens with one attached hydrogen (secondary N) is 3.